The molecule has 2 aromatic rings. The van der Waals surface area contributed by atoms with E-state index >= 15 is 0 Å². The minimum absolute atomic E-state index is 0.0202. The molecule has 0 bridgehead atoms. The molecule has 0 saturated carbocycles. The highest BCUT2D eigenvalue weighted by molar-refractivity contribution is 8.00. The number of para-hydroxylation sites is 1. The van der Waals surface area contributed by atoms with Crippen LogP contribution in [-0.2, 0) is 9.53 Å². The predicted octanol–water partition coefficient (Wildman–Crippen LogP) is 3.47. The van der Waals surface area contributed by atoms with Gasteiger partial charge in [-0.15, -0.1) is 11.8 Å². The maximum Gasteiger partial charge on any atom is 0.338 e. The third-order valence-corrected chi connectivity index (χ3v) is 5.19. The van der Waals surface area contributed by atoms with Gasteiger partial charge in [0.2, 0.25) is 0 Å². The summed E-state index contributed by atoms with van der Waals surface area (Å²) in [4.78, 5) is 27.4. The molecule has 3 rings (SSSR count). The molecule has 1 heterocycles. The van der Waals surface area contributed by atoms with Crippen LogP contribution in [0.25, 0.3) is 0 Å². The summed E-state index contributed by atoms with van der Waals surface area (Å²) in [5.74, 6) is -0.904. The lowest BCUT2D eigenvalue weighted by Crippen LogP contribution is -2.35. The minimum atomic E-state index is -0.630. The van der Waals surface area contributed by atoms with Crippen molar-refractivity contribution in [2.45, 2.75) is 23.5 Å². The topological polar surface area (TPSA) is 66.8 Å². The number of aromatic hydroxyl groups is 1. The first-order chi connectivity index (χ1) is 12.0. The van der Waals surface area contributed by atoms with Crippen LogP contribution in [0.1, 0.15) is 23.7 Å². The molecule has 1 amide bonds. The van der Waals surface area contributed by atoms with E-state index in [2.05, 4.69) is 6.92 Å². The number of rotatable bonds is 3. The van der Waals surface area contributed by atoms with E-state index in [1.54, 1.807) is 22.7 Å². The molecule has 0 unspecified atom stereocenters. The van der Waals surface area contributed by atoms with Crippen molar-refractivity contribution in [1.29, 1.82) is 0 Å². The summed E-state index contributed by atoms with van der Waals surface area (Å²) < 4.78 is 5.13. The Hall–Kier alpha value is -2.47. The maximum absolute atomic E-state index is 12.6. The van der Waals surface area contributed by atoms with Crippen molar-refractivity contribution < 1.29 is 19.4 Å². The van der Waals surface area contributed by atoms with Crippen LogP contribution in [0.15, 0.2) is 53.4 Å². The highest BCUT2D eigenvalue weighted by Gasteiger charge is 2.25. The summed E-state index contributed by atoms with van der Waals surface area (Å²) in [5.41, 5.74) is 1.07. The van der Waals surface area contributed by atoms with Crippen LogP contribution >= 0.6 is 11.8 Å². The fourth-order valence-electron chi connectivity index (χ4n) is 2.67. The number of amides is 1. The normalized spacial score (nSPS) is 16.7. The Morgan fingerprint density at radius 2 is 2.04 bits per heavy atom. The second-order valence-corrected chi connectivity index (χ2v) is 7.34. The number of anilines is 1. The third kappa shape index (κ3) is 4.14. The summed E-state index contributed by atoms with van der Waals surface area (Å²) >= 11 is 1.75. The molecule has 0 saturated heterocycles. The summed E-state index contributed by atoms with van der Waals surface area (Å²) in [7, 11) is 0. The van der Waals surface area contributed by atoms with Crippen molar-refractivity contribution in [2.75, 3.05) is 18.1 Å². The minimum Gasteiger partial charge on any atom is -0.508 e. The molecule has 0 radical (unpaired) electrons. The third-order valence-electron chi connectivity index (χ3n) is 3.95. The Balaban J connectivity index is 1.70. The highest BCUT2D eigenvalue weighted by Crippen LogP contribution is 2.37. The molecule has 0 fully saturated rings. The van der Waals surface area contributed by atoms with Crippen LogP contribution in [0.2, 0.25) is 0 Å². The number of nitrogens with zero attached hydrogens (tertiary/aromatic N) is 1. The number of carbonyl (C=O) groups is 2. The maximum atomic E-state index is 12.6. The Bertz CT molecular complexity index is 792. The van der Waals surface area contributed by atoms with Crippen molar-refractivity contribution in [3.05, 3.63) is 54.1 Å². The fraction of sp³-hybridized carbons (Fsp3) is 0.263. The number of carbonyl (C=O) groups excluding carboxylic acids is 2. The second-order valence-electron chi connectivity index (χ2n) is 5.86. The van der Waals surface area contributed by atoms with Gasteiger partial charge >= 0.3 is 5.97 Å². The van der Waals surface area contributed by atoms with E-state index in [0.717, 1.165) is 17.0 Å². The van der Waals surface area contributed by atoms with Gasteiger partial charge in [0.05, 0.1) is 11.3 Å². The number of hydrogen-bond acceptors (Lipinski definition) is 5. The summed E-state index contributed by atoms with van der Waals surface area (Å²) in [6.45, 7) is 2.40. The number of phenolic OH excluding ortho intramolecular Hbond substituents is 1. The molecule has 0 spiro atoms. The van der Waals surface area contributed by atoms with Gasteiger partial charge in [0.15, 0.2) is 6.61 Å². The molecule has 0 aliphatic carbocycles. The molecule has 1 N–H and O–H groups in total. The smallest absolute Gasteiger partial charge is 0.338 e. The van der Waals surface area contributed by atoms with E-state index in [0.29, 0.717) is 11.8 Å². The van der Waals surface area contributed by atoms with Gasteiger partial charge in [-0.05, 0) is 36.8 Å². The number of benzene rings is 2. The highest BCUT2D eigenvalue weighted by atomic mass is 32.2. The lowest BCUT2D eigenvalue weighted by Gasteiger charge is -2.22. The van der Waals surface area contributed by atoms with Crippen LogP contribution in [0.4, 0.5) is 5.69 Å². The van der Waals surface area contributed by atoms with Gasteiger partial charge in [-0.1, -0.05) is 25.1 Å². The molecule has 0 aromatic heterocycles. The first kappa shape index (κ1) is 17.4. The lowest BCUT2D eigenvalue weighted by atomic mass is 10.2. The van der Waals surface area contributed by atoms with Gasteiger partial charge in [0.25, 0.3) is 5.91 Å². The monoisotopic (exact) mass is 357 g/mol. The standard InChI is InChI=1S/C19H19NO4S/c1-13-9-10-20(16-7-2-3-8-17(16)25-13)18(22)12-24-19(23)14-5-4-6-15(21)11-14/h2-8,11,13,21H,9-10,12H2,1H3/t13-/m0/s1. The summed E-state index contributed by atoms with van der Waals surface area (Å²) in [6, 6.07) is 13.6. The molecule has 25 heavy (non-hydrogen) atoms. The Morgan fingerprint density at radius 3 is 2.84 bits per heavy atom. The average molecular weight is 357 g/mol. The Labute approximate surface area is 150 Å². The van der Waals surface area contributed by atoms with Crippen molar-refractivity contribution in [3.8, 4) is 5.75 Å². The van der Waals surface area contributed by atoms with Crippen LogP contribution in [0, 0.1) is 0 Å². The fourth-order valence-corrected chi connectivity index (χ4v) is 3.78. The molecule has 1 atom stereocenters. The van der Waals surface area contributed by atoms with Crippen molar-refractivity contribution >= 4 is 29.3 Å². The zero-order chi connectivity index (χ0) is 17.8. The number of hydrogen-bond donors (Lipinski definition) is 1. The van der Waals surface area contributed by atoms with Gasteiger partial charge < -0.3 is 14.7 Å². The second kappa shape index (κ2) is 7.61. The van der Waals surface area contributed by atoms with Crippen LogP contribution in [-0.4, -0.2) is 35.4 Å². The van der Waals surface area contributed by atoms with Crippen LogP contribution in [0.5, 0.6) is 5.75 Å². The molecule has 2 aromatic carbocycles. The van der Waals surface area contributed by atoms with E-state index in [9.17, 15) is 14.7 Å². The van der Waals surface area contributed by atoms with E-state index in [1.807, 2.05) is 24.3 Å². The molecular formula is C19H19NO4S. The number of fused-ring (bicyclic) bond motifs is 1. The van der Waals surface area contributed by atoms with Crippen LogP contribution in [0.3, 0.4) is 0 Å². The first-order valence-corrected chi connectivity index (χ1v) is 8.95. The largest absolute Gasteiger partial charge is 0.508 e. The predicted molar refractivity (Wildman–Crippen MR) is 97.1 cm³/mol. The molecular weight excluding hydrogens is 338 g/mol. The van der Waals surface area contributed by atoms with Gasteiger partial charge in [-0.25, -0.2) is 4.79 Å². The molecule has 6 heteroatoms. The van der Waals surface area contributed by atoms with E-state index in [1.165, 1.54) is 18.2 Å². The van der Waals surface area contributed by atoms with Crippen molar-refractivity contribution in [2.24, 2.45) is 0 Å². The quantitative estimate of drug-likeness (QED) is 0.852. The molecule has 1 aliphatic rings. The SMILES string of the molecule is C[C@H]1CCN(C(=O)COC(=O)c2cccc(O)c2)c2ccccc2S1. The number of ether oxygens (including phenoxy) is 1. The van der Waals surface area contributed by atoms with Gasteiger partial charge in [-0.2, -0.15) is 0 Å². The van der Waals surface area contributed by atoms with E-state index in [4.69, 9.17) is 4.74 Å². The number of thioether (sulfide) groups is 1. The lowest BCUT2D eigenvalue weighted by molar-refractivity contribution is -0.121. The van der Waals surface area contributed by atoms with Crippen LogP contribution < -0.4 is 4.90 Å². The number of phenols is 1. The summed E-state index contributed by atoms with van der Waals surface area (Å²) in [5, 5.41) is 9.83. The van der Waals surface area contributed by atoms with E-state index < -0.39 is 5.97 Å². The van der Waals surface area contributed by atoms with Gasteiger partial charge in [0.1, 0.15) is 5.75 Å². The zero-order valence-electron chi connectivity index (χ0n) is 13.8. The van der Waals surface area contributed by atoms with Crippen molar-refractivity contribution in [3.63, 3.8) is 0 Å². The summed E-state index contributed by atoms with van der Waals surface area (Å²) in [6.07, 6.45) is 0.867. The van der Waals surface area contributed by atoms with E-state index in [-0.39, 0.29) is 23.8 Å². The average Bonchev–Trinajstić information content (AvgIpc) is 2.77. The van der Waals surface area contributed by atoms with Gasteiger partial charge in [-0.3, -0.25) is 4.79 Å². The van der Waals surface area contributed by atoms with Gasteiger partial charge in [0, 0.05) is 16.7 Å². The molecule has 5 nitrogen and oxygen atoms in total. The number of esters is 1. The Kier molecular flexibility index (Phi) is 5.28. The first-order valence-electron chi connectivity index (χ1n) is 8.07. The molecule has 1 aliphatic heterocycles. The molecule has 130 valence electrons. The zero-order valence-corrected chi connectivity index (χ0v) is 14.7. The Morgan fingerprint density at radius 1 is 1.24 bits per heavy atom. The van der Waals surface area contributed by atoms with Crippen molar-refractivity contribution in [1.82, 2.24) is 0 Å².